The lowest BCUT2D eigenvalue weighted by Crippen LogP contribution is -2.44. The summed E-state index contributed by atoms with van der Waals surface area (Å²) in [6.07, 6.45) is 1.85. The lowest BCUT2D eigenvalue weighted by Gasteiger charge is -2.22. The smallest absolute Gasteiger partial charge is 0.239 e. The zero-order chi connectivity index (χ0) is 12.0. The van der Waals surface area contributed by atoms with Crippen LogP contribution >= 0.6 is 0 Å². The molecule has 0 aliphatic rings. The summed E-state index contributed by atoms with van der Waals surface area (Å²) < 4.78 is 4.98. The topological polar surface area (TPSA) is 55.6 Å². The van der Waals surface area contributed by atoms with Gasteiger partial charge in [0.15, 0.2) is 0 Å². The third-order valence-corrected chi connectivity index (χ3v) is 2.35. The van der Waals surface area contributed by atoms with Crippen LogP contribution in [0, 0.1) is 5.92 Å². The molecule has 0 aliphatic heterocycles. The Labute approximate surface area is 92.1 Å². The van der Waals surface area contributed by atoms with Gasteiger partial charge in [0, 0.05) is 13.6 Å². The van der Waals surface area contributed by atoms with E-state index in [-0.39, 0.29) is 11.8 Å². The highest BCUT2D eigenvalue weighted by molar-refractivity contribution is 5.81. The number of hydrogen-bond donors (Lipinski definition) is 1. The first kappa shape index (κ1) is 14.0. The summed E-state index contributed by atoms with van der Waals surface area (Å²) in [5.74, 6) is 0.922. The fourth-order valence-corrected chi connectivity index (χ4v) is 0.978. The average Bonchev–Trinajstić information content (AvgIpc) is 2.22. The van der Waals surface area contributed by atoms with E-state index in [0.717, 1.165) is 5.76 Å². The Balaban J connectivity index is 4.22. The van der Waals surface area contributed by atoms with E-state index in [1.54, 1.807) is 19.1 Å². The first-order valence-corrected chi connectivity index (χ1v) is 5.11. The molecule has 88 valence electrons. The molecule has 0 saturated heterocycles. The molecule has 0 spiro atoms. The van der Waals surface area contributed by atoms with E-state index in [2.05, 4.69) is 0 Å². The lowest BCUT2D eigenvalue weighted by atomic mass is 10.0. The zero-order valence-electron chi connectivity index (χ0n) is 10.3. The molecule has 0 aromatic heterocycles. The van der Waals surface area contributed by atoms with E-state index in [1.807, 2.05) is 26.8 Å². The number of carbonyl (C=O) groups is 1. The summed E-state index contributed by atoms with van der Waals surface area (Å²) in [4.78, 5) is 13.3. The van der Waals surface area contributed by atoms with Crippen LogP contribution < -0.4 is 5.73 Å². The predicted octanol–water partition coefficient (Wildman–Crippen LogP) is 0.978. The SMILES string of the molecule is CO/C(C)=C/CN(C)C(=O)C(N)C(C)C. The number of carbonyl (C=O) groups excluding carboxylic acids is 1. The minimum Gasteiger partial charge on any atom is -0.502 e. The van der Waals surface area contributed by atoms with Gasteiger partial charge in [-0.25, -0.2) is 0 Å². The molecule has 0 saturated carbocycles. The maximum Gasteiger partial charge on any atom is 0.239 e. The monoisotopic (exact) mass is 214 g/mol. The van der Waals surface area contributed by atoms with Gasteiger partial charge in [-0.1, -0.05) is 13.8 Å². The van der Waals surface area contributed by atoms with Crippen molar-refractivity contribution >= 4 is 5.91 Å². The highest BCUT2D eigenvalue weighted by Crippen LogP contribution is 2.03. The van der Waals surface area contributed by atoms with E-state index < -0.39 is 6.04 Å². The Morgan fingerprint density at radius 1 is 1.53 bits per heavy atom. The van der Waals surface area contributed by atoms with Crippen LogP contribution in [-0.2, 0) is 9.53 Å². The van der Waals surface area contributed by atoms with Gasteiger partial charge in [0.2, 0.25) is 5.91 Å². The van der Waals surface area contributed by atoms with Crippen molar-refractivity contribution in [1.29, 1.82) is 0 Å². The molecular weight excluding hydrogens is 192 g/mol. The lowest BCUT2D eigenvalue weighted by molar-refractivity contribution is -0.131. The predicted molar refractivity (Wildman–Crippen MR) is 61.2 cm³/mol. The number of likely N-dealkylation sites (N-methyl/N-ethyl adjacent to an activating group) is 1. The molecule has 0 fully saturated rings. The fraction of sp³-hybridized carbons (Fsp3) is 0.727. The molecule has 1 amide bonds. The van der Waals surface area contributed by atoms with Gasteiger partial charge in [-0.05, 0) is 18.9 Å². The Kier molecular flexibility index (Phi) is 6.01. The van der Waals surface area contributed by atoms with Crippen LogP contribution in [0.4, 0.5) is 0 Å². The van der Waals surface area contributed by atoms with Crippen molar-refractivity contribution < 1.29 is 9.53 Å². The first-order chi connectivity index (χ1) is 6.90. The minimum atomic E-state index is -0.425. The second-order valence-electron chi connectivity index (χ2n) is 4.01. The molecule has 15 heavy (non-hydrogen) atoms. The maximum atomic E-state index is 11.7. The quantitative estimate of drug-likeness (QED) is 0.694. The second kappa shape index (κ2) is 6.45. The molecule has 1 atom stereocenters. The number of nitrogens with zero attached hydrogens (tertiary/aromatic N) is 1. The van der Waals surface area contributed by atoms with E-state index >= 15 is 0 Å². The molecule has 0 radical (unpaired) electrons. The van der Waals surface area contributed by atoms with Crippen molar-refractivity contribution in [3.63, 3.8) is 0 Å². The number of methoxy groups -OCH3 is 1. The van der Waals surface area contributed by atoms with Crippen LogP contribution in [-0.4, -0.2) is 37.6 Å². The summed E-state index contributed by atoms with van der Waals surface area (Å²) in [7, 11) is 3.34. The van der Waals surface area contributed by atoms with Crippen LogP contribution in [0.15, 0.2) is 11.8 Å². The van der Waals surface area contributed by atoms with Crippen molar-refractivity contribution in [1.82, 2.24) is 4.90 Å². The molecule has 2 N–H and O–H groups in total. The van der Waals surface area contributed by atoms with E-state index in [1.165, 1.54) is 0 Å². The fourth-order valence-electron chi connectivity index (χ4n) is 0.978. The van der Waals surface area contributed by atoms with Crippen LogP contribution in [0.1, 0.15) is 20.8 Å². The summed E-state index contributed by atoms with van der Waals surface area (Å²) in [5.41, 5.74) is 5.76. The van der Waals surface area contributed by atoms with Gasteiger partial charge >= 0.3 is 0 Å². The van der Waals surface area contributed by atoms with Crippen molar-refractivity contribution in [2.45, 2.75) is 26.8 Å². The van der Waals surface area contributed by atoms with Crippen molar-refractivity contribution in [2.24, 2.45) is 11.7 Å². The molecule has 0 rings (SSSR count). The number of ether oxygens (including phenoxy) is 1. The number of allylic oxidation sites excluding steroid dienone is 1. The Morgan fingerprint density at radius 3 is 2.47 bits per heavy atom. The van der Waals surface area contributed by atoms with E-state index in [0.29, 0.717) is 6.54 Å². The second-order valence-corrected chi connectivity index (χ2v) is 4.01. The molecule has 0 bridgehead atoms. The van der Waals surface area contributed by atoms with Gasteiger partial charge in [-0.2, -0.15) is 0 Å². The minimum absolute atomic E-state index is 0.0369. The summed E-state index contributed by atoms with van der Waals surface area (Å²) in [5, 5.41) is 0. The standard InChI is InChI=1S/C11H22N2O2/c1-8(2)10(12)11(14)13(4)7-6-9(3)15-5/h6,8,10H,7,12H2,1-5H3/b9-6+. The van der Waals surface area contributed by atoms with E-state index in [4.69, 9.17) is 10.5 Å². The van der Waals surface area contributed by atoms with Gasteiger partial charge in [0.05, 0.1) is 18.9 Å². The van der Waals surface area contributed by atoms with Crippen LogP contribution in [0.25, 0.3) is 0 Å². The van der Waals surface area contributed by atoms with Crippen LogP contribution in [0.3, 0.4) is 0 Å². The van der Waals surface area contributed by atoms with Crippen LogP contribution in [0.5, 0.6) is 0 Å². The molecule has 0 aliphatic carbocycles. The molecule has 4 heteroatoms. The Bertz CT molecular complexity index is 237. The van der Waals surface area contributed by atoms with Gasteiger partial charge in [0.1, 0.15) is 0 Å². The third kappa shape index (κ3) is 4.83. The molecule has 1 unspecified atom stereocenters. The highest BCUT2D eigenvalue weighted by atomic mass is 16.5. The molecule has 0 aromatic rings. The van der Waals surface area contributed by atoms with Crippen molar-refractivity contribution in [2.75, 3.05) is 20.7 Å². The Morgan fingerprint density at radius 2 is 2.07 bits per heavy atom. The van der Waals surface area contributed by atoms with E-state index in [9.17, 15) is 4.79 Å². The van der Waals surface area contributed by atoms with Gasteiger partial charge < -0.3 is 15.4 Å². The Hall–Kier alpha value is -1.03. The first-order valence-electron chi connectivity index (χ1n) is 5.11. The summed E-state index contributed by atoms with van der Waals surface area (Å²) in [6.45, 7) is 6.25. The number of hydrogen-bond acceptors (Lipinski definition) is 3. The average molecular weight is 214 g/mol. The molecule has 0 heterocycles. The van der Waals surface area contributed by atoms with Gasteiger partial charge in [-0.3, -0.25) is 4.79 Å². The van der Waals surface area contributed by atoms with Crippen LogP contribution in [0.2, 0.25) is 0 Å². The third-order valence-electron chi connectivity index (χ3n) is 2.35. The largest absolute Gasteiger partial charge is 0.502 e. The number of amides is 1. The van der Waals surface area contributed by atoms with Gasteiger partial charge in [-0.15, -0.1) is 0 Å². The summed E-state index contributed by atoms with van der Waals surface area (Å²) >= 11 is 0. The molecular formula is C11H22N2O2. The zero-order valence-corrected chi connectivity index (χ0v) is 10.3. The normalized spacial score (nSPS) is 13.9. The van der Waals surface area contributed by atoms with Crippen molar-refractivity contribution in [3.8, 4) is 0 Å². The number of rotatable bonds is 5. The molecule has 4 nitrogen and oxygen atoms in total. The summed E-state index contributed by atoms with van der Waals surface area (Å²) in [6, 6.07) is -0.425. The van der Waals surface area contributed by atoms with Gasteiger partial charge in [0.25, 0.3) is 0 Å². The maximum absolute atomic E-state index is 11.7. The number of nitrogens with two attached hydrogens (primary N) is 1. The molecule has 0 aromatic carbocycles. The van der Waals surface area contributed by atoms with Crippen molar-refractivity contribution in [3.05, 3.63) is 11.8 Å². The highest BCUT2D eigenvalue weighted by Gasteiger charge is 2.20.